The summed E-state index contributed by atoms with van der Waals surface area (Å²) in [7, 11) is 0. The zero-order chi connectivity index (χ0) is 2.00. The van der Waals surface area contributed by atoms with E-state index in [1.54, 1.807) is 0 Å². The first-order chi connectivity index (χ1) is 1.00. The second-order valence-corrected chi connectivity index (χ2v) is 0. The number of rotatable bonds is 0. The molecule has 0 spiro atoms. The summed E-state index contributed by atoms with van der Waals surface area (Å²) in [5, 5.41) is 0. The van der Waals surface area contributed by atoms with E-state index in [1.807, 2.05) is 0 Å². The van der Waals surface area contributed by atoms with E-state index in [9.17, 15) is 0 Å². The molecular weight excluding hydrogens is 199 g/mol. The van der Waals surface area contributed by atoms with Crippen molar-refractivity contribution in [3.8, 4) is 0 Å². The van der Waals surface area contributed by atoms with Gasteiger partial charge in [-0.05, 0) is 0 Å². The molecule has 5 heteroatoms. The van der Waals surface area contributed by atoms with Crippen LogP contribution in [0.4, 0.5) is 0 Å². The molecule has 0 atom stereocenters. The Morgan fingerprint density at radius 2 is 1.40 bits per heavy atom. The fraction of sp³-hybridized carbons (Fsp3) is 0. The first-order valence-corrected chi connectivity index (χ1v) is 0.561. The first-order valence-electron chi connectivity index (χ1n) is 0.136. The van der Waals surface area contributed by atoms with E-state index in [0.717, 1.165) is 0 Å². The van der Waals surface area contributed by atoms with Crippen LogP contribution in [0.5, 0.6) is 0 Å². The van der Waals surface area contributed by atoms with Crippen LogP contribution < -0.4 is 18.9 Å². The Morgan fingerprint density at radius 3 is 1.40 bits per heavy atom. The molecule has 0 heterocycles. The second kappa shape index (κ2) is 39.2. The van der Waals surface area contributed by atoms with Crippen LogP contribution in [-0.4, -0.2) is 0 Å². The van der Waals surface area contributed by atoms with E-state index in [0.29, 0.717) is 0 Å². The average molecular weight is 201 g/mol. The predicted octanol–water partition coefficient (Wildman–Crippen LogP) is -3.01. The molecule has 1 nitrogen and oxygen atoms in total. The second-order valence-electron chi connectivity index (χ2n) is 0. The fourth-order valence-corrected chi connectivity index (χ4v) is 0. The molecule has 0 saturated heterocycles. The summed E-state index contributed by atoms with van der Waals surface area (Å²) in [5.74, 6) is 0. The van der Waals surface area contributed by atoms with Gasteiger partial charge in [0.15, 0.2) is 0 Å². The Bertz CT molecular complexity index is 13.5. The molecule has 0 aliphatic rings. The van der Waals surface area contributed by atoms with Crippen LogP contribution in [0.1, 0.15) is 1.43 Å². The van der Waals surface area contributed by atoms with Crippen molar-refractivity contribution in [1.82, 2.24) is 0 Å². The Hall–Kier alpha value is 1.90. The van der Waals surface area contributed by atoms with Crippen LogP contribution in [0, 0.1) is 0 Å². The van der Waals surface area contributed by atoms with Gasteiger partial charge in [0.2, 0.25) is 0 Å². The van der Waals surface area contributed by atoms with Gasteiger partial charge in [-0.1, -0.05) is 0 Å². The predicted molar refractivity (Wildman–Crippen MR) is 1.80 cm³/mol. The Morgan fingerprint density at radius 1 is 1.40 bits per heavy atom. The molecule has 0 aromatic carbocycles. The molecule has 1 radical (unpaired) electrons. The van der Waals surface area contributed by atoms with Gasteiger partial charge in [0.1, 0.15) is 0 Å². The monoisotopic (exact) mass is 200 g/mol. The normalized spacial score (nSPS) is 1.00. The maximum atomic E-state index is 7.94. The van der Waals surface area contributed by atoms with Gasteiger partial charge in [-0.25, -0.2) is 0 Å². The summed E-state index contributed by atoms with van der Waals surface area (Å²) in [6.45, 7) is 0. The summed E-state index contributed by atoms with van der Waals surface area (Å²) >= 11 is 2.31. The fourth-order valence-electron chi connectivity index (χ4n) is 0. The average Bonchev–Trinajstić information content (AvgIpc) is 1.00. The Labute approximate surface area is 72.6 Å². The minimum atomic E-state index is 0. The van der Waals surface area contributed by atoms with Crippen molar-refractivity contribution in [3.05, 3.63) is 0 Å². The molecule has 0 amide bonds. The molecule has 0 N–H and O–H groups in total. The molecule has 0 aliphatic carbocycles. The van der Waals surface area contributed by atoms with E-state index in [-0.39, 0.29) is 53.6 Å². The Balaban J connectivity index is -0.000000000833. The molecule has 0 saturated carbocycles. The molecule has 36 valence electrons. The van der Waals surface area contributed by atoms with Gasteiger partial charge in [-0.3, -0.25) is 0 Å². The van der Waals surface area contributed by atoms with Crippen molar-refractivity contribution in [1.29, 1.82) is 0 Å². The third kappa shape index (κ3) is 24.8. The van der Waals surface area contributed by atoms with E-state index in [1.165, 1.54) is 0 Å². The van der Waals surface area contributed by atoms with E-state index in [4.69, 9.17) is 3.87 Å². The van der Waals surface area contributed by atoms with Gasteiger partial charge < -0.3 is 1.43 Å². The van der Waals surface area contributed by atoms with Gasteiger partial charge in [-0.15, -0.1) is 0 Å². The van der Waals surface area contributed by atoms with Crippen molar-refractivity contribution in [2.75, 3.05) is 0 Å². The topological polar surface area (TPSA) is 17.1 Å². The van der Waals surface area contributed by atoms with E-state index in [2.05, 4.69) is 15.7 Å². The molecular formula is HCo2LiNiO. The van der Waals surface area contributed by atoms with Crippen LogP contribution in [0.25, 0.3) is 0 Å². The molecule has 0 bridgehead atoms. The van der Waals surface area contributed by atoms with Gasteiger partial charge >= 0.3 is 38.4 Å². The van der Waals surface area contributed by atoms with Crippen molar-refractivity contribution < 1.29 is 73.1 Å². The number of hydrogen-bond acceptors (Lipinski definition) is 1. The van der Waals surface area contributed by atoms with Crippen LogP contribution in [0.15, 0.2) is 0 Å². The zero-order valence-electron chi connectivity index (χ0n) is 3.39. The molecule has 0 fully saturated rings. The summed E-state index contributed by atoms with van der Waals surface area (Å²) in [6.07, 6.45) is 0. The summed E-state index contributed by atoms with van der Waals surface area (Å²) in [5.41, 5.74) is 0. The van der Waals surface area contributed by atoms with E-state index < -0.39 is 0 Å². The minimum absolute atomic E-state index is 0. The zero-order valence-corrected chi connectivity index (χ0v) is 5.46. The van der Waals surface area contributed by atoms with Crippen LogP contribution in [-0.2, 0) is 52.8 Å². The number of hydrogen-bond donors (Lipinski definition) is 0. The maximum absolute atomic E-state index is 7.94. The van der Waals surface area contributed by atoms with Crippen molar-refractivity contribution in [2.45, 2.75) is 0 Å². The van der Waals surface area contributed by atoms with Gasteiger partial charge in [0, 0.05) is 33.3 Å². The molecule has 0 unspecified atom stereocenters. The van der Waals surface area contributed by atoms with Gasteiger partial charge in [0.25, 0.3) is 0 Å². The van der Waals surface area contributed by atoms with Crippen LogP contribution in [0.3, 0.4) is 0 Å². The first kappa shape index (κ1) is 28.5. The summed E-state index contributed by atoms with van der Waals surface area (Å²) in [4.78, 5) is 0. The van der Waals surface area contributed by atoms with Crippen molar-refractivity contribution >= 4 is 0 Å². The summed E-state index contributed by atoms with van der Waals surface area (Å²) in [6, 6.07) is 0. The van der Waals surface area contributed by atoms with E-state index >= 15 is 0 Å². The Kier molecular flexibility index (Phi) is 224. The third-order valence-corrected chi connectivity index (χ3v) is 0. The third-order valence-electron chi connectivity index (χ3n) is 0. The molecule has 0 rings (SSSR count). The van der Waals surface area contributed by atoms with Gasteiger partial charge in [-0.2, -0.15) is 0 Å². The molecule has 0 aromatic heterocycles. The quantitative estimate of drug-likeness (QED) is 0.381. The molecule has 0 aromatic rings. The SMILES string of the molecule is [Co].[H-].[Li+].[Ni].[O]=[Co]. The van der Waals surface area contributed by atoms with Gasteiger partial charge in [0.05, 0.1) is 0 Å². The molecule has 5 heavy (non-hydrogen) atoms. The van der Waals surface area contributed by atoms with Crippen molar-refractivity contribution in [3.63, 3.8) is 0 Å². The van der Waals surface area contributed by atoms with Crippen LogP contribution >= 0.6 is 0 Å². The van der Waals surface area contributed by atoms with Crippen LogP contribution in [0.2, 0.25) is 0 Å². The molecule has 0 aliphatic heterocycles. The standard InChI is InChI=1S/2Co.Li.Ni.O.H/q;;+1;;;-1. The van der Waals surface area contributed by atoms with Crippen molar-refractivity contribution in [2.24, 2.45) is 0 Å². The summed E-state index contributed by atoms with van der Waals surface area (Å²) < 4.78 is 7.94.